The summed E-state index contributed by atoms with van der Waals surface area (Å²) >= 11 is 0. The minimum Gasteiger partial charge on any atom is -0.492 e. The Hall–Kier alpha value is -3.90. The second-order valence-corrected chi connectivity index (χ2v) is 10.1. The lowest BCUT2D eigenvalue weighted by molar-refractivity contribution is 0.0478. The lowest BCUT2D eigenvalue weighted by Crippen LogP contribution is -2.54. The van der Waals surface area contributed by atoms with Crippen molar-refractivity contribution in [1.29, 1.82) is 5.26 Å². The fourth-order valence-electron chi connectivity index (χ4n) is 5.94. The molecule has 1 aliphatic carbocycles. The van der Waals surface area contributed by atoms with Crippen LogP contribution in [-0.2, 0) is 23.3 Å². The molecule has 38 heavy (non-hydrogen) atoms. The number of nitriles is 1. The van der Waals surface area contributed by atoms with E-state index in [2.05, 4.69) is 27.4 Å². The maximum atomic E-state index is 14.2. The van der Waals surface area contributed by atoms with Gasteiger partial charge in [-0.3, -0.25) is 9.78 Å². The molecule has 0 radical (unpaired) electrons. The number of nitrogens with zero attached hydrogens (tertiary/aromatic N) is 5. The number of anilines is 1. The third-order valence-electron chi connectivity index (χ3n) is 7.88. The summed E-state index contributed by atoms with van der Waals surface area (Å²) in [4.78, 5) is 25.0. The third-order valence-corrected chi connectivity index (χ3v) is 7.88. The van der Waals surface area contributed by atoms with Crippen LogP contribution in [0.1, 0.15) is 77.5 Å². The Morgan fingerprint density at radius 2 is 2.08 bits per heavy atom. The third kappa shape index (κ3) is 4.39. The molecule has 3 aromatic rings. The van der Waals surface area contributed by atoms with Crippen molar-refractivity contribution < 1.29 is 14.3 Å². The number of imidazole rings is 1. The SMILES string of the molecule is CCOc1cc([C@@H](C)N2CC3(CCC3)c3c(COC)cc(Cn4ccnc4NC)cc3C2=O)ncc1C#N. The van der Waals surface area contributed by atoms with E-state index >= 15 is 0 Å². The monoisotopic (exact) mass is 514 g/mol. The van der Waals surface area contributed by atoms with E-state index in [-0.39, 0.29) is 17.4 Å². The van der Waals surface area contributed by atoms with Crippen molar-refractivity contribution in [2.24, 2.45) is 0 Å². The van der Waals surface area contributed by atoms with Gasteiger partial charge in [0.05, 0.1) is 31.5 Å². The largest absolute Gasteiger partial charge is 0.492 e. The van der Waals surface area contributed by atoms with Crippen LogP contribution >= 0.6 is 0 Å². The molecule has 1 fully saturated rings. The first kappa shape index (κ1) is 25.7. The van der Waals surface area contributed by atoms with Crippen molar-refractivity contribution in [1.82, 2.24) is 19.4 Å². The van der Waals surface area contributed by atoms with E-state index in [0.29, 0.717) is 43.3 Å². The van der Waals surface area contributed by atoms with Crippen LogP contribution in [0.3, 0.4) is 0 Å². The summed E-state index contributed by atoms with van der Waals surface area (Å²) in [6.07, 6.45) is 8.43. The van der Waals surface area contributed by atoms with Gasteiger partial charge in [0.1, 0.15) is 17.4 Å². The molecule has 1 spiro atoms. The highest BCUT2D eigenvalue weighted by Gasteiger charge is 2.49. The zero-order valence-electron chi connectivity index (χ0n) is 22.5. The van der Waals surface area contributed by atoms with Gasteiger partial charge in [0.2, 0.25) is 5.95 Å². The van der Waals surface area contributed by atoms with Gasteiger partial charge in [-0.05, 0) is 49.4 Å². The number of amides is 1. The highest BCUT2D eigenvalue weighted by Crippen LogP contribution is 2.51. The van der Waals surface area contributed by atoms with Crippen LogP contribution in [0.25, 0.3) is 0 Å². The quantitative estimate of drug-likeness (QED) is 0.450. The first-order valence-corrected chi connectivity index (χ1v) is 13.1. The van der Waals surface area contributed by atoms with Gasteiger partial charge >= 0.3 is 0 Å². The van der Waals surface area contributed by atoms with Crippen molar-refractivity contribution in [3.63, 3.8) is 0 Å². The number of methoxy groups -OCH3 is 1. The summed E-state index contributed by atoms with van der Waals surface area (Å²) in [6.45, 7) is 6.01. The average Bonchev–Trinajstić information content (AvgIpc) is 3.35. The fourth-order valence-corrected chi connectivity index (χ4v) is 5.94. The van der Waals surface area contributed by atoms with E-state index < -0.39 is 0 Å². The number of carbonyl (C=O) groups is 1. The van der Waals surface area contributed by atoms with Crippen molar-refractivity contribution >= 4 is 11.9 Å². The van der Waals surface area contributed by atoms with Crippen LogP contribution < -0.4 is 10.1 Å². The summed E-state index contributed by atoms with van der Waals surface area (Å²) in [5.74, 6) is 1.26. The van der Waals surface area contributed by atoms with Gasteiger partial charge in [-0.25, -0.2) is 4.98 Å². The maximum absolute atomic E-state index is 14.2. The van der Waals surface area contributed by atoms with Gasteiger partial charge in [0, 0.05) is 56.3 Å². The minimum atomic E-state index is -0.279. The predicted octanol–water partition coefficient (Wildman–Crippen LogP) is 4.42. The van der Waals surface area contributed by atoms with Gasteiger partial charge < -0.3 is 24.3 Å². The number of pyridine rings is 1. The highest BCUT2D eigenvalue weighted by atomic mass is 16.5. The van der Waals surface area contributed by atoms with Crippen LogP contribution in [0.2, 0.25) is 0 Å². The molecule has 5 rings (SSSR count). The van der Waals surface area contributed by atoms with E-state index in [1.165, 1.54) is 6.20 Å². The molecule has 1 atom stereocenters. The Kier molecular flexibility index (Phi) is 7.09. The Morgan fingerprint density at radius 3 is 2.74 bits per heavy atom. The van der Waals surface area contributed by atoms with E-state index in [0.717, 1.165) is 47.5 Å². The average molecular weight is 515 g/mol. The molecule has 0 bridgehead atoms. The van der Waals surface area contributed by atoms with Gasteiger partial charge in [0.15, 0.2) is 0 Å². The standard InChI is InChI=1S/C29H34N6O3/c1-5-38-25-13-24(33-15-22(25)14-30)19(2)35-18-29(7-6-8-29)26-21(17-37-4)11-20(12-23(26)27(35)36)16-34-10-9-32-28(34)31-3/h9-13,15,19H,5-8,16-18H2,1-4H3,(H,31,32)/t19-/m1/s1. The van der Waals surface area contributed by atoms with Gasteiger partial charge in [-0.1, -0.05) is 12.5 Å². The molecule has 198 valence electrons. The zero-order valence-corrected chi connectivity index (χ0v) is 22.5. The molecular formula is C29H34N6O3. The molecule has 1 aromatic carbocycles. The first-order valence-electron chi connectivity index (χ1n) is 13.1. The van der Waals surface area contributed by atoms with Gasteiger partial charge in [-0.2, -0.15) is 5.26 Å². The van der Waals surface area contributed by atoms with E-state index in [1.807, 2.05) is 42.6 Å². The Morgan fingerprint density at radius 1 is 1.26 bits per heavy atom. The first-order chi connectivity index (χ1) is 18.4. The number of nitrogens with one attached hydrogen (secondary N) is 1. The Balaban J connectivity index is 1.57. The second kappa shape index (κ2) is 10.5. The molecule has 9 heteroatoms. The molecule has 1 amide bonds. The normalized spacial score (nSPS) is 16.5. The minimum absolute atomic E-state index is 0.00665. The molecule has 2 aromatic heterocycles. The summed E-state index contributed by atoms with van der Waals surface area (Å²) in [5, 5.41) is 12.6. The number of carbonyl (C=O) groups excluding carboxylic acids is 1. The van der Waals surface area contributed by atoms with Crippen LogP contribution in [0.15, 0.2) is 36.8 Å². The Bertz CT molecular complexity index is 1390. The number of hydrogen-bond donors (Lipinski definition) is 1. The number of aromatic nitrogens is 3. The van der Waals surface area contributed by atoms with Crippen LogP contribution in [0.5, 0.6) is 5.75 Å². The number of benzene rings is 1. The number of rotatable bonds is 9. The summed E-state index contributed by atoms with van der Waals surface area (Å²) in [7, 11) is 3.55. The van der Waals surface area contributed by atoms with Crippen LogP contribution in [0.4, 0.5) is 5.95 Å². The van der Waals surface area contributed by atoms with Crippen molar-refractivity contribution in [2.75, 3.05) is 32.6 Å². The fraction of sp³-hybridized carbons (Fsp3) is 0.448. The van der Waals surface area contributed by atoms with Crippen molar-refractivity contribution in [2.45, 2.75) is 57.7 Å². The summed E-state index contributed by atoms with van der Waals surface area (Å²) in [5.41, 5.74) is 5.01. The Labute approximate surface area is 223 Å². The predicted molar refractivity (Wildman–Crippen MR) is 143 cm³/mol. The van der Waals surface area contributed by atoms with Gasteiger partial charge in [0.25, 0.3) is 5.91 Å². The number of ether oxygens (including phenoxy) is 2. The van der Waals surface area contributed by atoms with Gasteiger partial charge in [-0.15, -0.1) is 0 Å². The van der Waals surface area contributed by atoms with Crippen molar-refractivity contribution in [3.8, 4) is 11.8 Å². The molecule has 0 unspecified atom stereocenters. The molecule has 9 nitrogen and oxygen atoms in total. The second-order valence-electron chi connectivity index (χ2n) is 10.1. The number of hydrogen-bond acceptors (Lipinski definition) is 7. The molecule has 1 aliphatic heterocycles. The van der Waals surface area contributed by atoms with Crippen molar-refractivity contribution in [3.05, 3.63) is 70.3 Å². The zero-order chi connectivity index (χ0) is 26.9. The van der Waals surface area contributed by atoms with E-state index in [4.69, 9.17) is 9.47 Å². The molecule has 2 aliphatic rings. The van der Waals surface area contributed by atoms with Crippen LogP contribution in [0, 0.1) is 11.3 Å². The molecule has 0 saturated heterocycles. The molecular weight excluding hydrogens is 480 g/mol. The smallest absolute Gasteiger partial charge is 0.254 e. The topological polar surface area (TPSA) is 105 Å². The molecule has 1 saturated carbocycles. The number of fused-ring (bicyclic) bond motifs is 2. The van der Waals surface area contributed by atoms with Crippen LogP contribution in [-0.4, -0.2) is 52.7 Å². The summed E-state index contributed by atoms with van der Waals surface area (Å²) in [6, 6.07) is 7.89. The summed E-state index contributed by atoms with van der Waals surface area (Å²) < 4.78 is 13.3. The van der Waals surface area contributed by atoms with E-state index in [9.17, 15) is 10.1 Å². The molecule has 1 N–H and O–H groups in total. The maximum Gasteiger partial charge on any atom is 0.254 e. The lowest BCUT2D eigenvalue weighted by atomic mass is 9.60. The van der Waals surface area contributed by atoms with E-state index in [1.54, 1.807) is 19.4 Å². The highest BCUT2D eigenvalue weighted by molar-refractivity contribution is 5.98. The lowest BCUT2D eigenvalue weighted by Gasteiger charge is -2.52. The molecule has 3 heterocycles.